The highest BCUT2D eigenvalue weighted by Gasteiger charge is 2.07. The SMILES string of the molecule is COc1cc(CI)c(OC)cc1Br. The predicted octanol–water partition coefficient (Wildman–Crippen LogP) is 3.40. The van der Waals surface area contributed by atoms with Crippen molar-refractivity contribution in [1.82, 2.24) is 0 Å². The van der Waals surface area contributed by atoms with E-state index < -0.39 is 0 Å². The number of ether oxygens (including phenoxy) is 2. The molecule has 0 bridgehead atoms. The zero-order valence-corrected chi connectivity index (χ0v) is 11.2. The fourth-order valence-electron chi connectivity index (χ4n) is 1.03. The van der Waals surface area contributed by atoms with Crippen LogP contribution in [0.25, 0.3) is 0 Å². The van der Waals surface area contributed by atoms with E-state index in [1.54, 1.807) is 14.2 Å². The van der Waals surface area contributed by atoms with Crippen LogP contribution in [0.1, 0.15) is 5.56 Å². The molecule has 2 nitrogen and oxygen atoms in total. The molecule has 0 atom stereocenters. The third-order valence-electron chi connectivity index (χ3n) is 1.70. The van der Waals surface area contributed by atoms with Gasteiger partial charge in [0.1, 0.15) is 11.5 Å². The van der Waals surface area contributed by atoms with E-state index in [0.717, 1.165) is 26.0 Å². The van der Waals surface area contributed by atoms with E-state index >= 15 is 0 Å². The lowest BCUT2D eigenvalue weighted by Crippen LogP contribution is -1.92. The first-order chi connectivity index (χ1) is 6.22. The second kappa shape index (κ2) is 5.05. The number of benzene rings is 1. The maximum Gasteiger partial charge on any atom is 0.133 e. The molecule has 0 aliphatic heterocycles. The van der Waals surface area contributed by atoms with Crippen molar-refractivity contribution in [3.8, 4) is 11.5 Å². The minimum Gasteiger partial charge on any atom is -0.496 e. The van der Waals surface area contributed by atoms with E-state index in [1.165, 1.54) is 0 Å². The smallest absolute Gasteiger partial charge is 0.133 e. The Morgan fingerprint density at radius 3 is 2.31 bits per heavy atom. The van der Waals surface area contributed by atoms with Crippen LogP contribution >= 0.6 is 38.5 Å². The normalized spacial score (nSPS) is 9.85. The van der Waals surface area contributed by atoms with Gasteiger partial charge in [0.15, 0.2) is 0 Å². The molecule has 72 valence electrons. The standard InChI is InChI=1S/C9H10BrIO2/c1-12-8-4-7(10)9(13-2)3-6(8)5-11/h3-4H,5H2,1-2H3. The highest BCUT2D eigenvalue weighted by Crippen LogP contribution is 2.33. The van der Waals surface area contributed by atoms with Crippen molar-refractivity contribution in [2.24, 2.45) is 0 Å². The molecule has 0 N–H and O–H groups in total. The zero-order valence-electron chi connectivity index (χ0n) is 7.43. The van der Waals surface area contributed by atoms with Gasteiger partial charge in [-0.25, -0.2) is 0 Å². The van der Waals surface area contributed by atoms with Gasteiger partial charge in [-0.3, -0.25) is 0 Å². The summed E-state index contributed by atoms with van der Waals surface area (Å²) in [6, 6.07) is 3.90. The fraction of sp³-hybridized carbons (Fsp3) is 0.333. The summed E-state index contributed by atoms with van der Waals surface area (Å²) in [6.07, 6.45) is 0. The molecule has 0 saturated heterocycles. The third kappa shape index (κ3) is 2.49. The van der Waals surface area contributed by atoms with E-state index in [4.69, 9.17) is 9.47 Å². The number of rotatable bonds is 3. The molecule has 0 heterocycles. The van der Waals surface area contributed by atoms with Crippen molar-refractivity contribution < 1.29 is 9.47 Å². The Morgan fingerprint density at radius 2 is 1.85 bits per heavy atom. The Kier molecular flexibility index (Phi) is 4.31. The molecule has 1 rings (SSSR count). The van der Waals surface area contributed by atoms with E-state index in [9.17, 15) is 0 Å². The summed E-state index contributed by atoms with van der Waals surface area (Å²) in [5.74, 6) is 1.73. The predicted molar refractivity (Wildman–Crippen MR) is 65.0 cm³/mol. The topological polar surface area (TPSA) is 18.5 Å². The van der Waals surface area contributed by atoms with Crippen LogP contribution in [0.2, 0.25) is 0 Å². The molecule has 0 unspecified atom stereocenters. The van der Waals surface area contributed by atoms with Crippen LogP contribution in [0.3, 0.4) is 0 Å². The van der Waals surface area contributed by atoms with Gasteiger partial charge in [0.2, 0.25) is 0 Å². The summed E-state index contributed by atoms with van der Waals surface area (Å²) in [7, 11) is 3.33. The van der Waals surface area contributed by atoms with Gasteiger partial charge in [-0.1, -0.05) is 22.6 Å². The summed E-state index contributed by atoms with van der Waals surface area (Å²) < 4.78 is 12.2. The summed E-state index contributed by atoms with van der Waals surface area (Å²) in [5.41, 5.74) is 1.14. The van der Waals surface area contributed by atoms with E-state index in [1.807, 2.05) is 12.1 Å². The minimum absolute atomic E-state index is 0.840. The highest BCUT2D eigenvalue weighted by molar-refractivity contribution is 14.1. The first kappa shape index (κ1) is 11.1. The molecule has 1 aromatic carbocycles. The van der Waals surface area contributed by atoms with Crippen LogP contribution < -0.4 is 9.47 Å². The van der Waals surface area contributed by atoms with Gasteiger partial charge in [0, 0.05) is 9.99 Å². The monoisotopic (exact) mass is 356 g/mol. The second-order valence-electron chi connectivity index (χ2n) is 2.43. The van der Waals surface area contributed by atoms with Gasteiger partial charge in [0.25, 0.3) is 0 Å². The van der Waals surface area contributed by atoms with Crippen LogP contribution in [0, 0.1) is 0 Å². The zero-order chi connectivity index (χ0) is 9.84. The molecule has 0 saturated carbocycles. The lowest BCUT2D eigenvalue weighted by Gasteiger charge is -2.10. The van der Waals surface area contributed by atoms with Crippen molar-refractivity contribution >= 4 is 38.5 Å². The molecule has 1 aromatic rings. The minimum atomic E-state index is 0.840. The van der Waals surface area contributed by atoms with Gasteiger partial charge in [-0.05, 0) is 28.1 Å². The van der Waals surface area contributed by atoms with Gasteiger partial charge in [-0.15, -0.1) is 0 Å². The van der Waals surface area contributed by atoms with E-state index in [0.29, 0.717) is 0 Å². The second-order valence-corrected chi connectivity index (χ2v) is 4.05. The van der Waals surface area contributed by atoms with Crippen LogP contribution in [0.4, 0.5) is 0 Å². The van der Waals surface area contributed by atoms with Crippen LogP contribution in [0.15, 0.2) is 16.6 Å². The highest BCUT2D eigenvalue weighted by atomic mass is 127. The Labute approximate surface area is 99.9 Å². The summed E-state index contributed by atoms with van der Waals surface area (Å²) in [4.78, 5) is 0. The van der Waals surface area contributed by atoms with Crippen molar-refractivity contribution in [2.75, 3.05) is 14.2 Å². The van der Waals surface area contributed by atoms with Gasteiger partial charge in [0.05, 0.1) is 18.7 Å². The molecule has 4 heteroatoms. The maximum absolute atomic E-state index is 5.23. The number of hydrogen-bond donors (Lipinski definition) is 0. The van der Waals surface area contributed by atoms with Crippen LogP contribution in [-0.2, 0) is 4.43 Å². The molecule has 0 fully saturated rings. The fourth-order valence-corrected chi connectivity index (χ4v) is 2.11. The van der Waals surface area contributed by atoms with Gasteiger partial charge < -0.3 is 9.47 Å². The summed E-state index contributed by atoms with van der Waals surface area (Å²) in [5, 5.41) is 0. The maximum atomic E-state index is 5.23. The van der Waals surface area contributed by atoms with Crippen molar-refractivity contribution in [3.63, 3.8) is 0 Å². The number of hydrogen-bond acceptors (Lipinski definition) is 2. The lowest BCUT2D eigenvalue weighted by molar-refractivity contribution is 0.398. The Hall–Kier alpha value is 0.0300. The number of methoxy groups -OCH3 is 2. The van der Waals surface area contributed by atoms with Crippen molar-refractivity contribution in [3.05, 3.63) is 22.2 Å². The molecule has 0 spiro atoms. The quantitative estimate of drug-likeness (QED) is 0.610. The molecule has 0 amide bonds. The van der Waals surface area contributed by atoms with E-state index in [-0.39, 0.29) is 0 Å². The molecule has 0 aromatic heterocycles. The van der Waals surface area contributed by atoms with Crippen LogP contribution in [-0.4, -0.2) is 14.2 Å². The van der Waals surface area contributed by atoms with Crippen molar-refractivity contribution in [1.29, 1.82) is 0 Å². The van der Waals surface area contributed by atoms with Crippen molar-refractivity contribution in [2.45, 2.75) is 4.43 Å². The Morgan fingerprint density at radius 1 is 1.23 bits per heavy atom. The van der Waals surface area contributed by atoms with Crippen LogP contribution in [0.5, 0.6) is 11.5 Å². The van der Waals surface area contributed by atoms with Gasteiger partial charge >= 0.3 is 0 Å². The summed E-state index contributed by atoms with van der Waals surface area (Å²) >= 11 is 5.70. The van der Waals surface area contributed by atoms with E-state index in [2.05, 4.69) is 38.5 Å². The molecular formula is C9H10BrIO2. The molecular weight excluding hydrogens is 347 g/mol. The molecule has 0 aliphatic carbocycles. The largest absolute Gasteiger partial charge is 0.496 e. The average Bonchev–Trinajstić information content (AvgIpc) is 2.17. The number of halogens is 2. The van der Waals surface area contributed by atoms with Gasteiger partial charge in [-0.2, -0.15) is 0 Å². The Balaban J connectivity index is 3.18. The molecule has 0 radical (unpaired) electrons. The number of alkyl halides is 1. The average molecular weight is 357 g/mol. The molecule has 13 heavy (non-hydrogen) atoms. The molecule has 0 aliphatic rings. The first-order valence-electron chi connectivity index (χ1n) is 3.69. The first-order valence-corrected chi connectivity index (χ1v) is 6.01. The third-order valence-corrected chi connectivity index (χ3v) is 3.14. The lowest BCUT2D eigenvalue weighted by atomic mass is 10.2. The summed E-state index contributed by atoms with van der Waals surface area (Å²) in [6.45, 7) is 0. The Bertz CT molecular complexity index is 302.